The zero-order valence-electron chi connectivity index (χ0n) is 15.9. The second-order valence-corrected chi connectivity index (χ2v) is 8.61. The third-order valence-corrected chi connectivity index (χ3v) is 5.84. The van der Waals surface area contributed by atoms with Crippen LogP contribution in [0.4, 0.5) is 10.2 Å². The van der Waals surface area contributed by atoms with Crippen molar-refractivity contribution in [2.45, 2.75) is 30.5 Å². The van der Waals surface area contributed by atoms with Crippen molar-refractivity contribution in [1.82, 2.24) is 19.9 Å². The molecule has 3 N–H and O–H groups in total. The Morgan fingerprint density at radius 2 is 2.21 bits per heavy atom. The number of hydrogen-bond donors (Lipinski definition) is 3. The molecule has 0 unspecified atom stereocenters. The van der Waals surface area contributed by atoms with Crippen molar-refractivity contribution in [2.24, 2.45) is 5.92 Å². The van der Waals surface area contributed by atoms with Gasteiger partial charge in [0.15, 0.2) is 0 Å². The van der Waals surface area contributed by atoms with Gasteiger partial charge in [0.2, 0.25) is 15.9 Å². The van der Waals surface area contributed by atoms with Crippen LogP contribution in [-0.4, -0.2) is 69.6 Å². The molecular formula is C17H25FN6O3S. The Morgan fingerprint density at radius 1 is 1.46 bits per heavy atom. The number of alkyl halides is 1. The SMILES string of the molecule is CNS(=O)(=O)c1ccc(NC[C@@H](C)CNCC(=O)N2C[C@@H](F)C[C@H]2C#N)nc1. The van der Waals surface area contributed by atoms with E-state index < -0.39 is 22.2 Å². The van der Waals surface area contributed by atoms with Crippen molar-refractivity contribution in [2.75, 3.05) is 38.5 Å². The van der Waals surface area contributed by atoms with Crippen LogP contribution in [0.1, 0.15) is 13.3 Å². The molecule has 0 saturated carbocycles. The molecule has 2 rings (SSSR count). The second-order valence-electron chi connectivity index (χ2n) is 6.73. The van der Waals surface area contributed by atoms with Crippen molar-refractivity contribution in [1.29, 1.82) is 5.26 Å². The molecule has 28 heavy (non-hydrogen) atoms. The summed E-state index contributed by atoms with van der Waals surface area (Å²) >= 11 is 0. The van der Waals surface area contributed by atoms with Gasteiger partial charge in [-0.15, -0.1) is 0 Å². The first kappa shape index (κ1) is 22.0. The zero-order valence-corrected chi connectivity index (χ0v) is 16.7. The fourth-order valence-electron chi connectivity index (χ4n) is 2.82. The van der Waals surface area contributed by atoms with Crippen LogP contribution >= 0.6 is 0 Å². The van der Waals surface area contributed by atoms with Crippen LogP contribution in [-0.2, 0) is 14.8 Å². The molecule has 1 saturated heterocycles. The molecule has 1 aliphatic heterocycles. The molecular weight excluding hydrogens is 387 g/mol. The zero-order chi connectivity index (χ0) is 20.7. The molecule has 154 valence electrons. The van der Waals surface area contributed by atoms with Gasteiger partial charge in [-0.3, -0.25) is 4.79 Å². The molecule has 3 atom stereocenters. The Kier molecular flexibility index (Phi) is 7.68. The Hall–Kier alpha value is -2.29. The molecule has 0 radical (unpaired) electrons. The minimum Gasteiger partial charge on any atom is -0.370 e. The third kappa shape index (κ3) is 5.85. The van der Waals surface area contributed by atoms with Crippen LogP contribution in [0.3, 0.4) is 0 Å². The number of nitrogens with zero attached hydrogens (tertiary/aromatic N) is 3. The number of nitriles is 1. The van der Waals surface area contributed by atoms with E-state index in [0.717, 1.165) is 0 Å². The first-order chi connectivity index (χ1) is 13.3. The number of anilines is 1. The summed E-state index contributed by atoms with van der Waals surface area (Å²) in [6.45, 7) is 3.08. The highest BCUT2D eigenvalue weighted by Crippen LogP contribution is 2.19. The average Bonchev–Trinajstić information content (AvgIpc) is 3.07. The number of halogens is 1. The Morgan fingerprint density at radius 3 is 2.82 bits per heavy atom. The molecule has 0 aliphatic carbocycles. The number of aromatic nitrogens is 1. The van der Waals surface area contributed by atoms with Gasteiger partial charge in [0, 0.05) is 19.2 Å². The van der Waals surface area contributed by atoms with E-state index in [1.165, 1.54) is 24.2 Å². The van der Waals surface area contributed by atoms with Gasteiger partial charge < -0.3 is 15.5 Å². The number of likely N-dealkylation sites (tertiary alicyclic amines) is 1. The average molecular weight is 412 g/mol. The largest absolute Gasteiger partial charge is 0.370 e. The molecule has 1 aromatic heterocycles. The topological polar surface area (TPSA) is 127 Å². The summed E-state index contributed by atoms with van der Waals surface area (Å²) in [7, 11) is -2.18. The maximum Gasteiger partial charge on any atom is 0.241 e. The Bertz CT molecular complexity index is 811. The van der Waals surface area contributed by atoms with Gasteiger partial charge in [-0.1, -0.05) is 6.92 Å². The van der Waals surface area contributed by atoms with E-state index in [2.05, 4.69) is 20.3 Å². The number of hydrogen-bond acceptors (Lipinski definition) is 7. The van der Waals surface area contributed by atoms with Gasteiger partial charge in [0.1, 0.15) is 22.9 Å². The number of carbonyl (C=O) groups is 1. The Labute approximate surface area is 164 Å². The number of pyridine rings is 1. The predicted molar refractivity (Wildman–Crippen MR) is 102 cm³/mol. The summed E-state index contributed by atoms with van der Waals surface area (Å²) in [5, 5.41) is 15.1. The molecule has 1 amide bonds. The second kappa shape index (κ2) is 9.77. The quantitative estimate of drug-likeness (QED) is 0.524. The number of amides is 1. The smallest absolute Gasteiger partial charge is 0.241 e. The van der Waals surface area contributed by atoms with Gasteiger partial charge in [-0.25, -0.2) is 22.5 Å². The van der Waals surface area contributed by atoms with E-state index in [-0.39, 0.29) is 36.2 Å². The van der Waals surface area contributed by atoms with Crippen LogP contribution in [0.25, 0.3) is 0 Å². The number of carbonyl (C=O) groups excluding carboxylic acids is 1. The predicted octanol–water partition coefficient (Wildman–Crippen LogP) is 0.0899. The fourth-order valence-corrected chi connectivity index (χ4v) is 3.50. The highest BCUT2D eigenvalue weighted by molar-refractivity contribution is 7.89. The van der Waals surface area contributed by atoms with Crippen LogP contribution in [0.2, 0.25) is 0 Å². The lowest BCUT2D eigenvalue weighted by Gasteiger charge is -2.20. The van der Waals surface area contributed by atoms with E-state index in [4.69, 9.17) is 5.26 Å². The van der Waals surface area contributed by atoms with Crippen LogP contribution in [0, 0.1) is 17.2 Å². The van der Waals surface area contributed by atoms with Crippen molar-refractivity contribution < 1.29 is 17.6 Å². The monoisotopic (exact) mass is 412 g/mol. The van der Waals surface area contributed by atoms with E-state index in [1.807, 2.05) is 13.0 Å². The molecule has 11 heteroatoms. The van der Waals surface area contributed by atoms with Gasteiger partial charge in [-0.2, -0.15) is 5.26 Å². The lowest BCUT2D eigenvalue weighted by Crippen LogP contribution is -2.42. The summed E-state index contributed by atoms with van der Waals surface area (Å²) in [6.07, 6.45) is 0.207. The summed E-state index contributed by atoms with van der Waals surface area (Å²) in [5.74, 6) is 0.408. The van der Waals surface area contributed by atoms with Crippen molar-refractivity contribution in [3.63, 3.8) is 0 Å². The van der Waals surface area contributed by atoms with E-state index in [1.54, 1.807) is 6.07 Å². The highest BCUT2D eigenvalue weighted by Gasteiger charge is 2.34. The minimum absolute atomic E-state index is 0.0270. The van der Waals surface area contributed by atoms with Crippen molar-refractivity contribution in [3.05, 3.63) is 18.3 Å². The lowest BCUT2D eigenvalue weighted by molar-refractivity contribution is -0.130. The van der Waals surface area contributed by atoms with Gasteiger partial charge in [0.25, 0.3) is 0 Å². The van der Waals surface area contributed by atoms with Crippen LogP contribution in [0.5, 0.6) is 0 Å². The molecule has 1 aromatic rings. The van der Waals surface area contributed by atoms with Crippen molar-refractivity contribution >= 4 is 21.7 Å². The number of nitrogens with one attached hydrogen (secondary N) is 3. The first-order valence-corrected chi connectivity index (χ1v) is 10.4. The third-order valence-electron chi connectivity index (χ3n) is 4.44. The normalized spacial score (nSPS) is 20.6. The lowest BCUT2D eigenvalue weighted by atomic mass is 10.2. The minimum atomic E-state index is -3.51. The first-order valence-electron chi connectivity index (χ1n) is 8.94. The van der Waals surface area contributed by atoms with E-state index in [9.17, 15) is 17.6 Å². The molecule has 0 spiro atoms. The summed E-state index contributed by atoms with van der Waals surface area (Å²) < 4.78 is 38.9. The molecule has 1 aliphatic rings. The fraction of sp³-hybridized carbons (Fsp3) is 0.588. The Balaban J connectivity index is 1.72. The van der Waals surface area contributed by atoms with Gasteiger partial charge in [-0.05, 0) is 31.6 Å². The molecule has 9 nitrogen and oxygen atoms in total. The molecule has 2 heterocycles. The summed E-state index contributed by atoms with van der Waals surface area (Å²) in [4.78, 5) is 17.6. The molecule has 1 fully saturated rings. The highest BCUT2D eigenvalue weighted by atomic mass is 32.2. The van der Waals surface area contributed by atoms with Gasteiger partial charge in [0.05, 0.1) is 19.2 Å². The maximum atomic E-state index is 13.4. The number of rotatable bonds is 9. The standard InChI is InChI=1S/C17H25FN6O3S/c1-12(7-21-10-17(25)24-11-13(18)5-14(24)6-19)8-22-16-4-3-15(9-23-16)28(26,27)20-2/h3-4,9,12-14,20-21H,5,7-8,10-11H2,1-2H3,(H,22,23)/t12-,13-,14-/m0/s1. The summed E-state index contributed by atoms with van der Waals surface area (Å²) in [6, 6.07) is 4.31. The summed E-state index contributed by atoms with van der Waals surface area (Å²) in [5.41, 5.74) is 0. The van der Waals surface area contributed by atoms with Crippen molar-refractivity contribution in [3.8, 4) is 6.07 Å². The maximum absolute atomic E-state index is 13.4. The number of sulfonamides is 1. The molecule has 0 aromatic carbocycles. The molecule has 0 bridgehead atoms. The van der Waals surface area contributed by atoms with E-state index >= 15 is 0 Å². The van der Waals surface area contributed by atoms with Gasteiger partial charge >= 0.3 is 0 Å². The van der Waals surface area contributed by atoms with Crippen LogP contribution < -0.4 is 15.4 Å². The van der Waals surface area contributed by atoms with E-state index in [0.29, 0.717) is 18.9 Å². The van der Waals surface area contributed by atoms with Crippen LogP contribution in [0.15, 0.2) is 23.2 Å².